The first-order chi connectivity index (χ1) is 15.4. The van der Waals surface area contributed by atoms with Gasteiger partial charge in [-0.05, 0) is 22.6 Å². The molecule has 3 atom stereocenters. The second-order valence-corrected chi connectivity index (χ2v) is 8.35. The molecule has 32 heavy (non-hydrogen) atoms. The van der Waals surface area contributed by atoms with Crippen LogP contribution in [0.1, 0.15) is 59.5 Å². The Labute approximate surface area is 186 Å². The second kappa shape index (κ2) is 9.34. The molecule has 2 aromatic carbocycles. The van der Waals surface area contributed by atoms with Gasteiger partial charge in [-0.25, -0.2) is 9.37 Å². The van der Waals surface area contributed by atoms with Crippen molar-refractivity contribution in [1.82, 2.24) is 15.2 Å². The zero-order valence-corrected chi connectivity index (χ0v) is 18.1. The van der Waals surface area contributed by atoms with E-state index in [1.165, 1.54) is 16.7 Å². The van der Waals surface area contributed by atoms with E-state index in [0.717, 1.165) is 17.5 Å². The number of alkyl halides is 1. The molecule has 0 aliphatic carbocycles. The number of nitrogens with zero attached hydrogens (tertiary/aromatic N) is 2. The number of aromatic nitrogens is 1. The molecule has 6 nitrogen and oxygen atoms in total. The van der Waals surface area contributed by atoms with Crippen molar-refractivity contribution >= 4 is 11.8 Å². The van der Waals surface area contributed by atoms with Crippen molar-refractivity contribution in [3.05, 3.63) is 89.6 Å². The largest absolute Gasteiger partial charge is 0.438 e. The number of hydrogen-bond acceptors (Lipinski definition) is 4. The maximum Gasteiger partial charge on any atom is 0.292 e. The monoisotopic (exact) mass is 435 g/mol. The Bertz CT molecular complexity index is 1050. The lowest BCUT2D eigenvalue weighted by molar-refractivity contribution is -0.125. The highest BCUT2D eigenvalue weighted by atomic mass is 19.1. The molecule has 1 saturated heterocycles. The number of benzene rings is 2. The Morgan fingerprint density at radius 1 is 1.06 bits per heavy atom. The first-order valence-electron chi connectivity index (χ1n) is 10.7. The predicted octanol–water partition coefficient (Wildman–Crippen LogP) is 4.26. The fourth-order valence-electron chi connectivity index (χ4n) is 4.04. The van der Waals surface area contributed by atoms with Crippen molar-refractivity contribution in [2.45, 2.75) is 44.4 Å². The average molecular weight is 435 g/mol. The second-order valence-electron chi connectivity index (χ2n) is 8.35. The Hall–Kier alpha value is -3.48. The average Bonchev–Trinajstić information content (AvgIpc) is 3.48. The molecule has 1 fully saturated rings. The highest BCUT2D eigenvalue weighted by Crippen LogP contribution is 2.27. The van der Waals surface area contributed by atoms with Gasteiger partial charge in [0.05, 0.1) is 18.8 Å². The lowest BCUT2D eigenvalue weighted by Gasteiger charge is -2.26. The molecule has 0 spiro atoms. The van der Waals surface area contributed by atoms with Crippen molar-refractivity contribution in [3.63, 3.8) is 0 Å². The number of rotatable bonds is 6. The smallest absolute Gasteiger partial charge is 0.292 e. The van der Waals surface area contributed by atoms with Crippen LogP contribution in [0.2, 0.25) is 0 Å². The van der Waals surface area contributed by atoms with Crippen LogP contribution in [0.5, 0.6) is 0 Å². The van der Waals surface area contributed by atoms with Crippen LogP contribution in [-0.4, -0.2) is 40.5 Å². The molecule has 0 radical (unpaired) electrons. The van der Waals surface area contributed by atoms with Crippen LogP contribution in [0.3, 0.4) is 0 Å². The van der Waals surface area contributed by atoms with Crippen molar-refractivity contribution in [1.29, 1.82) is 0 Å². The van der Waals surface area contributed by atoms with Crippen molar-refractivity contribution in [3.8, 4) is 0 Å². The van der Waals surface area contributed by atoms with Gasteiger partial charge >= 0.3 is 0 Å². The molecule has 1 aromatic heterocycles. The zero-order valence-electron chi connectivity index (χ0n) is 18.1. The molecule has 1 N–H and O–H groups in total. The third-order valence-electron chi connectivity index (χ3n) is 5.81. The minimum absolute atomic E-state index is 0.0132. The molecule has 2 heterocycles. The Morgan fingerprint density at radius 3 is 2.34 bits per heavy atom. The molecule has 4 rings (SSSR count). The highest BCUT2D eigenvalue weighted by molar-refractivity contribution is 5.96. The van der Waals surface area contributed by atoms with Gasteiger partial charge in [0.1, 0.15) is 12.2 Å². The molecule has 7 heteroatoms. The van der Waals surface area contributed by atoms with Crippen LogP contribution < -0.4 is 5.32 Å². The minimum atomic E-state index is -1.28. The van der Waals surface area contributed by atoms with E-state index >= 15 is 0 Å². The van der Waals surface area contributed by atoms with E-state index in [0.29, 0.717) is 5.92 Å². The summed E-state index contributed by atoms with van der Waals surface area (Å²) in [7, 11) is 0. The zero-order chi connectivity index (χ0) is 22.7. The SMILES string of the molecule is CC(C)c1ccc([C@@H](NC(=O)[C@@H]2C[C@@H](F)CN2C(=O)c2cnco2)c2ccccc2)cc1. The van der Waals surface area contributed by atoms with Crippen LogP contribution in [0.15, 0.2) is 71.6 Å². The van der Waals surface area contributed by atoms with Crippen LogP contribution >= 0.6 is 0 Å². The van der Waals surface area contributed by atoms with Crippen molar-refractivity contribution in [2.75, 3.05) is 6.54 Å². The number of carbonyl (C=O) groups is 2. The fraction of sp³-hybridized carbons (Fsp3) is 0.320. The summed E-state index contributed by atoms with van der Waals surface area (Å²) in [6.07, 6.45) is 1.07. The molecule has 0 unspecified atom stereocenters. The number of likely N-dealkylation sites (tertiary alicyclic amines) is 1. The number of nitrogens with one attached hydrogen (secondary N) is 1. The molecular weight excluding hydrogens is 409 g/mol. The normalized spacial score (nSPS) is 19.2. The van der Waals surface area contributed by atoms with Crippen molar-refractivity contribution < 1.29 is 18.4 Å². The van der Waals surface area contributed by atoms with E-state index in [9.17, 15) is 14.0 Å². The third-order valence-corrected chi connectivity index (χ3v) is 5.81. The van der Waals surface area contributed by atoms with Gasteiger partial charge in [0, 0.05) is 6.42 Å². The summed E-state index contributed by atoms with van der Waals surface area (Å²) in [6, 6.07) is 16.3. The van der Waals surface area contributed by atoms with Gasteiger partial charge in [-0.3, -0.25) is 9.59 Å². The minimum Gasteiger partial charge on any atom is -0.438 e. The van der Waals surface area contributed by atoms with E-state index in [2.05, 4.69) is 36.3 Å². The summed E-state index contributed by atoms with van der Waals surface area (Å²) >= 11 is 0. The fourth-order valence-corrected chi connectivity index (χ4v) is 4.04. The lowest BCUT2D eigenvalue weighted by atomic mass is 9.95. The molecule has 2 amide bonds. The van der Waals surface area contributed by atoms with Gasteiger partial charge < -0.3 is 14.6 Å². The summed E-state index contributed by atoms with van der Waals surface area (Å²) in [5.74, 6) is -0.564. The predicted molar refractivity (Wildman–Crippen MR) is 118 cm³/mol. The summed E-state index contributed by atoms with van der Waals surface area (Å²) in [4.78, 5) is 31.0. The topological polar surface area (TPSA) is 75.4 Å². The highest BCUT2D eigenvalue weighted by Gasteiger charge is 2.41. The Balaban J connectivity index is 1.60. The summed E-state index contributed by atoms with van der Waals surface area (Å²) < 4.78 is 19.3. The van der Waals surface area contributed by atoms with E-state index in [1.54, 1.807) is 0 Å². The number of carbonyl (C=O) groups excluding carboxylic acids is 2. The van der Waals surface area contributed by atoms with Crippen LogP contribution in [0.25, 0.3) is 0 Å². The van der Waals surface area contributed by atoms with Crippen molar-refractivity contribution in [2.24, 2.45) is 0 Å². The third kappa shape index (κ3) is 4.56. The van der Waals surface area contributed by atoms with E-state index in [1.807, 2.05) is 42.5 Å². The first kappa shape index (κ1) is 21.7. The van der Waals surface area contributed by atoms with Crippen LogP contribution in [0.4, 0.5) is 4.39 Å². The quantitative estimate of drug-likeness (QED) is 0.628. The maximum absolute atomic E-state index is 14.3. The Morgan fingerprint density at radius 2 is 1.72 bits per heavy atom. The standard InChI is InChI=1S/C25H26FN3O3/c1-16(2)17-8-10-19(11-9-17)23(18-6-4-3-5-7-18)28-24(30)21-12-20(26)14-29(21)25(31)22-13-27-15-32-22/h3-11,13,15-16,20-21,23H,12,14H2,1-2H3,(H,28,30)/t20-,21+,23+/m1/s1. The summed E-state index contributed by atoms with van der Waals surface area (Å²) in [6.45, 7) is 4.09. The molecule has 0 bridgehead atoms. The van der Waals surface area contributed by atoms with Crippen LogP contribution in [0, 0.1) is 0 Å². The first-order valence-corrected chi connectivity index (χ1v) is 10.7. The summed E-state index contributed by atoms with van der Waals surface area (Å²) in [5, 5.41) is 3.05. The molecule has 0 saturated carbocycles. The number of oxazole rings is 1. The number of amides is 2. The molecular formula is C25H26FN3O3. The van der Waals surface area contributed by atoms with E-state index in [-0.39, 0.29) is 18.7 Å². The number of halogens is 1. The van der Waals surface area contributed by atoms with Gasteiger partial charge in [-0.2, -0.15) is 0 Å². The van der Waals surface area contributed by atoms with E-state index < -0.39 is 30.1 Å². The van der Waals surface area contributed by atoms with Gasteiger partial charge in [0.25, 0.3) is 5.91 Å². The van der Waals surface area contributed by atoms with Gasteiger partial charge in [-0.15, -0.1) is 0 Å². The molecule has 1 aliphatic rings. The van der Waals surface area contributed by atoms with E-state index in [4.69, 9.17) is 4.42 Å². The van der Waals surface area contributed by atoms with Gasteiger partial charge in [0.2, 0.25) is 11.7 Å². The van der Waals surface area contributed by atoms with Crippen LogP contribution in [-0.2, 0) is 4.79 Å². The molecule has 1 aliphatic heterocycles. The maximum atomic E-state index is 14.3. The Kier molecular flexibility index (Phi) is 6.35. The van der Waals surface area contributed by atoms with Gasteiger partial charge in [-0.1, -0.05) is 68.4 Å². The number of hydrogen-bond donors (Lipinski definition) is 1. The molecule has 3 aromatic rings. The van der Waals surface area contributed by atoms with Gasteiger partial charge in [0.15, 0.2) is 6.39 Å². The lowest BCUT2D eigenvalue weighted by Crippen LogP contribution is -2.47. The molecule has 166 valence electrons. The summed E-state index contributed by atoms with van der Waals surface area (Å²) in [5.41, 5.74) is 3.02.